The molecule has 1 aliphatic heterocycles. The summed E-state index contributed by atoms with van der Waals surface area (Å²) in [7, 11) is 1.76. The molecule has 0 N–H and O–H groups in total. The average molecular weight is 370 g/mol. The number of hydrogen-bond donors (Lipinski definition) is 0. The van der Waals surface area contributed by atoms with E-state index in [1.54, 1.807) is 25.1 Å². The molecule has 0 aromatic carbocycles. The maximum atomic E-state index is 12.6. The Morgan fingerprint density at radius 2 is 2.26 bits per heavy atom. The highest BCUT2D eigenvalue weighted by molar-refractivity contribution is 5.76. The molecule has 0 saturated carbocycles. The lowest BCUT2D eigenvalue weighted by Gasteiger charge is -2.32. The second-order valence-corrected chi connectivity index (χ2v) is 6.94. The van der Waals surface area contributed by atoms with Crippen LogP contribution in [0.25, 0.3) is 11.2 Å². The standard InChI is InChI=1S/C18H22N6O3/c1-12-21-22-15(26-12)11-23(2)16(25)9-13-5-4-8-24(10-13)18-20-17-14(27-18)6-3-7-19-17/h3,6-7,13H,4-5,8-11H2,1-2H3. The quantitative estimate of drug-likeness (QED) is 0.673. The Bertz CT molecular complexity index is 903. The van der Waals surface area contributed by atoms with Gasteiger partial charge in [0.25, 0.3) is 6.01 Å². The highest BCUT2D eigenvalue weighted by atomic mass is 16.4. The molecule has 0 bridgehead atoms. The van der Waals surface area contributed by atoms with Gasteiger partial charge in [0.2, 0.25) is 23.3 Å². The summed E-state index contributed by atoms with van der Waals surface area (Å²) in [5.41, 5.74) is 1.29. The van der Waals surface area contributed by atoms with E-state index in [0.29, 0.717) is 42.0 Å². The summed E-state index contributed by atoms with van der Waals surface area (Å²) in [5, 5.41) is 7.73. The normalized spacial score (nSPS) is 17.4. The Balaban J connectivity index is 1.37. The van der Waals surface area contributed by atoms with Gasteiger partial charge in [-0.15, -0.1) is 10.2 Å². The number of fused-ring (bicyclic) bond motifs is 1. The lowest BCUT2D eigenvalue weighted by atomic mass is 9.94. The smallest absolute Gasteiger partial charge is 0.299 e. The van der Waals surface area contributed by atoms with Crippen molar-refractivity contribution in [3.63, 3.8) is 0 Å². The molecule has 1 amide bonds. The molecule has 3 aromatic heterocycles. The van der Waals surface area contributed by atoms with E-state index in [-0.39, 0.29) is 11.8 Å². The Hall–Kier alpha value is -2.97. The van der Waals surface area contributed by atoms with E-state index in [9.17, 15) is 4.79 Å². The SMILES string of the molecule is Cc1nnc(CN(C)C(=O)CC2CCCN(c3nc4ncccc4o3)C2)o1. The van der Waals surface area contributed by atoms with Crippen LogP contribution in [0.2, 0.25) is 0 Å². The third-order valence-electron chi connectivity index (χ3n) is 4.77. The first kappa shape index (κ1) is 17.4. The number of anilines is 1. The number of aromatic nitrogens is 4. The number of carbonyl (C=O) groups excluding carboxylic acids is 1. The summed E-state index contributed by atoms with van der Waals surface area (Å²) in [6.45, 7) is 3.67. The molecular weight excluding hydrogens is 348 g/mol. The van der Waals surface area contributed by atoms with E-state index in [1.165, 1.54) is 0 Å². The van der Waals surface area contributed by atoms with Crippen molar-refractivity contribution in [2.45, 2.75) is 32.7 Å². The van der Waals surface area contributed by atoms with Crippen LogP contribution in [0.4, 0.5) is 6.01 Å². The average Bonchev–Trinajstić information content (AvgIpc) is 3.27. The zero-order chi connectivity index (χ0) is 18.8. The molecule has 142 valence electrons. The molecule has 9 heteroatoms. The number of aryl methyl sites for hydroxylation is 1. The van der Waals surface area contributed by atoms with E-state index < -0.39 is 0 Å². The fourth-order valence-corrected chi connectivity index (χ4v) is 3.39. The maximum absolute atomic E-state index is 12.6. The lowest BCUT2D eigenvalue weighted by molar-refractivity contribution is -0.131. The number of oxazole rings is 1. The van der Waals surface area contributed by atoms with Crippen molar-refractivity contribution < 1.29 is 13.6 Å². The minimum atomic E-state index is 0.0666. The van der Waals surface area contributed by atoms with Crippen LogP contribution in [0.3, 0.4) is 0 Å². The van der Waals surface area contributed by atoms with Gasteiger partial charge in [0.1, 0.15) is 0 Å². The van der Waals surface area contributed by atoms with Gasteiger partial charge in [0, 0.05) is 39.7 Å². The molecule has 1 saturated heterocycles. The van der Waals surface area contributed by atoms with Crippen LogP contribution in [0, 0.1) is 12.8 Å². The fraction of sp³-hybridized carbons (Fsp3) is 0.500. The van der Waals surface area contributed by atoms with Crippen molar-refractivity contribution in [3.8, 4) is 0 Å². The van der Waals surface area contributed by atoms with Crippen LogP contribution in [0.15, 0.2) is 27.2 Å². The third kappa shape index (κ3) is 3.91. The zero-order valence-electron chi connectivity index (χ0n) is 15.5. The molecule has 3 aromatic rings. The Morgan fingerprint density at radius 3 is 3.04 bits per heavy atom. The Morgan fingerprint density at radius 1 is 1.37 bits per heavy atom. The predicted octanol–water partition coefficient (Wildman–Crippen LogP) is 2.18. The Labute approximate surface area is 156 Å². The molecule has 1 fully saturated rings. The highest BCUT2D eigenvalue weighted by Gasteiger charge is 2.26. The second-order valence-electron chi connectivity index (χ2n) is 6.94. The molecule has 4 heterocycles. The lowest BCUT2D eigenvalue weighted by Crippen LogP contribution is -2.38. The molecule has 1 atom stereocenters. The van der Waals surface area contributed by atoms with E-state index in [4.69, 9.17) is 8.83 Å². The van der Waals surface area contributed by atoms with Gasteiger partial charge in [-0.1, -0.05) is 0 Å². The molecule has 27 heavy (non-hydrogen) atoms. The number of hydrogen-bond acceptors (Lipinski definition) is 8. The van der Waals surface area contributed by atoms with Crippen molar-refractivity contribution in [2.75, 3.05) is 25.0 Å². The van der Waals surface area contributed by atoms with E-state index in [2.05, 4.69) is 25.1 Å². The molecule has 9 nitrogen and oxygen atoms in total. The van der Waals surface area contributed by atoms with E-state index in [0.717, 1.165) is 25.9 Å². The number of pyridine rings is 1. The number of carbonyl (C=O) groups is 1. The van der Waals surface area contributed by atoms with Gasteiger partial charge in [-0.3, -0.25) is 4.79 Å². The van der Waals surface area contributed by atoms with Crippen molar-refractivity contribution >= 4 is 23.2 Å². The fourth-order valence-electron chi connectivity index (χ4n) is 3.39. The van der Waals surface area contributed by atoms with Gasteiger partial charge in [0.15, 0.2) is 5.58 Å². The first-order valence-electron chi connectivity index (χ1n) is 9.08. The molecule has 0 spiro atoms. The van der Waals surface area contributed by atoms with Crippen molar-refractivity contribution in [1.29, 1.82) is 0 Å². The minimum absolute atomic E-state index is 0.0666. The molecule has 1 aliphatic rings. The topological polar surface area (TPSA) is 101 Å². The van der Waals surface area contributed by atoms with Gasteiger partial charge in [-0.25, -0.2) is 4.98 Å². The highest BCUT2D eigenvalue weighted by Crippen LogP contribution is 2.27. The molecule has 4 rings (SSSR count). The predicted molar refractivity (Wildman–Crippen MR) is 96.9 cm³/mol. The molecule has 0 aliphatic carbocycles. The minimum Gasteiger partial charge on any atom is -0.424 e. The van der Waals surface area contributed by atoms with Crippen LogP contribution in [0.5, 0.6) is 0 Å². The van der Waals surface area contributed by atoms with Crippen LogP contribution < -0.4 is 4.90 Å². The second kappa shape index (κ2) is 7.34. The van der Waals surface area contributed by atoms with E-state index >= 15 is 0 Å². The van der Waals surface area contributed by atoms with Crippen molar-refractivity contribution in [2.24, 2.45) is 5.92 Å². The van der Waals surface area contributed by atoms with Gasteiger partial charge >= 0.3 is 0 Å². The first-order valence-corrected chi connectivity index (χ1v) is 9.08. The number of rotatable bonds is 5. The monoisotopic (exact) mass is 370 g/mol. The van der Waals surface area contributed by atoms with Crippen molar-refractivity contribution in [1.82, 2.24) is 25.1 Å². The maximum Gasteiger partial charge on any atom is 0.299 e. The summed E-state index contributed by atoms with van der Waals surface area (Å²) >= 11 is 0. The third-order valence-corrected chi connectivity index (χ3v) is 4.77. The van der Waals surface area contributed by atoms with Crippen LogP contribution >= 0.6 is 0 Å². The summed E-state index contributed by atoms with van der Waals surface area (Å²) in [5.74, 6) is 1.27. The Kier molecular flexibility index (Phi) is 4.74. The first-order chi connectivity index (χ1) is 13.1. The summed E-state index contributed by atoms with van der Waals surface area (Å²) in [6, 6.07) is 4.27. The van der Waals surface area contributed by atoms with Gasteiger partial charge in [-0.05, 0) is 30.9 Å². The number of nitrogens with zero attached hydrogens (tertiary/aromatic N) is 6. The van der Waals surface area contributed by atoms with Gasteiger partial charge < -0.3 is 18.6 Å². The van der Waals surface area contributed by atoms with Crippen LogP contribution in [-0.4, -0.2) is 51.1 Å². The molecule has 1 unspecified atom stereocenters. The summed E-state index contributed by atoms with van der Waals surface area (Å²) < 4.78 is 11.2. The number of amides is 1. The summed E-state index contributed by atoms with van der Waals surface area (Å²) in [6.07, 6.45) is 4.18. The van der Waals surface area contributed by atoms with Crippen LogP contribution in [-0.2, 0) is 11.3 Å². The van der Waals surface area contributed by atoms with E-state index in [1.807, 2.05) is 12.1 Å². The van der Waals surface area contributed by atoms with Crippen LogP contribution in [0.1, 0.15) is 31.0 Å². The molecular formula is C18H22N6O3. The number of piperidine rings is 1. The van der Waals surface area contributed by atoms with Gasteiger partial charge in [-0.2, -0.15) is 4.98 Å². The zero-order valence-corrected chi connectivity index (χ0v) is 15.5. The molecule has 0 radical (unpaired) electrons. The van der Waals surface area contributed by atoms with Gasteiger partial charge in [0.05, 0.1) is 6.54 Å². The van der Waals surface area contributed by atoms with Crippen molar-refractivity contribution in [3.05, 3.63) is 30.1 Å². The largest absolute Gasteiger partial charge is 0.424 e. The summed E-state index contributed by atoms with van der Waals surface area (Å²) in [4.78, 5) is 25.0.